The molecule has 21 heavy (non-hydrogen) atoms. The van der Waals surface area contributed by atoms with Crippen molar-refractivity contribution in [3.05, 3.63) is 48.5 Å². The Labute approximate surface area is 123 Å². The van der Waals surface area contributed by atoms with Crippen LogP contribution in [0, 0.1) is 5.92 Å². The van der Waals surface area contributed by atoms with E-state index in [0.717, 1.165) is 25.2 Å². The molecule has 1 aromatic heterocycles. The average molecular weight is 285 g/mol. The second-order valence-electron chi connectivity index (χ2n) is 5.58. The molecule has 2 atom stereocenters. The molecule has 1 N–H and O–H groups in total. The van der Waals surface area contributed by atoms with Crippen molar-refractivity contribution in [3.8, 4) is 5.69 Å². The summed E-state index contributed by atoms with van der Waals surface area (Å²) in [5, 5.41) is 9.17. The molecule has 0 radical (unpaired) electrons. The lowest BCUT2D eigenvalue weighted by atomic mass is 10.0. The monoisotopic (exact) mass is 285 g/mol. The molecule has 1 aliphatic heterocycles. The van der Waals surface area contributed by atoms with Crippen LogP contribution >= 0.6 is 0 Å². The maximum atomic E-state index is 11.2. The van der Waals surface area contributed by atoms with Crippen LogP contribution in [0.3, 0.4) is 0 Å². The number of likely N-dealkylation sites (tertiary alicyclic amines) is 1. The SMILES string of the molecule is CC1C(C(=O)O)CCN1Cc1ccc(-n2ccnc2)cc1. The summed E-state index contributed by atoms with van der Waals surface area (Å²) in [6.07, 6.45) is 6.18. The van der Waals surface area contributed by atoms with Gasteiger partial charge in [-0.25, -0.2) is 4.98 Å². The number of imidazole rings is 1. The van der Waals surface area contributed by atoms with Crippen LogP contribution < -0.4 is 0 Å². The van der Waals surface area contributed by atoms with Crippen molar-refractivity contribution in [1.82, 2.24) is 14.5 Å². The summed E-state index contributed by atoms with van der Waals surface area (Å²) in [6, 6.07) is 8.40. The maximum Gasteiger partial charge on any atom is 0.308 e. The molecule has 5 nitrogen and oxygen atoms in total. The molecule has 3 rings (SSSR count). The lowest BCUT2D eigenvalue weighted by Gasteiger charge is -2.23. The van der Waals surface area contributed by atoms with Gasteiger partial charge in [-0.1, -0.05) is 12.1 Å². The van der Waals surface area contributed by atoms with Crippen molar-refractivity contribution in [3.63, 3.8) is 0 Å². The number of carbonyl (C=O) groups is 1. The Bertz CT molecular complexity index is 607. The van der Waals surface area contributed by atoms with Gasteiger partial charge in [-0.05, 0) is 37.6 Å². The third-order valence-electron chi connectivity index (χ3n) is 4.33. The van der Waals surface area contributed by atoms with Crippen LogP contribution in [0.5, 0.6) is 0 Å². The summed E-state index contributed by atoms with van der Waals surface area (Å²) in [6.45, 7) is 3.65. The molecule has 5 heteroatoms. The highest BCUT2D eigenvalue weighted by Crippen LogP contribution is 2.26. The van der Waals surface area contributed by atoms with Gasteiger partial charge in [0.15, 0.2) is 0 Å². The van der Waals surface area contributed by atoms with E-state index in [4.69, 9.17) is 0 Å². The fourth-order valence-electron chi connectivity index (χ4n) is 2.98. The lowest BCUT2D eigenvalue weighted by molar-refractivity contribution is -0.142. The normalized spacial score (nSPS) is 22.5. The first-order valence-corrected chi connectivity index (χ1v) is 7.19. The molecule has 110 valence electrons. The predicted octanol–water partition coefficient (Wildman–Crippen LogP) is 2.17. The van der Waals surface area contributed by atoms with E-state index >= 15 is 0 Å². The van der Waals surface area contributed by atoms with Gasteiger partial charge in [-0.2, -0.15) is 0 Å². The first-order valence-electron chi connectivity index (χ1n) is 7.19. The topological polar surface area (TPSA) is 58.4 Å². The standard InChI is InChI=1S/C16H19N3O2/c1-12-15(16(20)21)6-8-18(12)10-13-2-4-14(5-3-13)19-9-7-17-11-19/h2-5,7,9,11-12,15H,6,8,10H2,1H3,(H,20,21). The quantitative estimate of drug-likeness (QED) is 0.935. The number of carboxylic acid groups (broad SMARTS) is 1. The van der Waals surface area contributed by atoms with E-state index < -0.39 is 5.97 Å². The summed E-state index contributed by atoms with van der Waals surface area (Å²) >= 11 is 0. The minimum Gasteiger partial charge on any atom is -0.481 e. The molecule has 0 spiro atoms. The molecule has 2 aromatic rings. The Morgan fingerprint density at radius 1 is 1.38 bits per heavy atom. The third-order valence-corrected chi connectivity index (χ3v) is 4.33. The number of hydrogen-bond donors (Lipinski definition) is 1. The van der Waals surface area contributed by atoms with Gasteiger partial charge in [-0.3, -0.25) is 9.69 Å². The first kappa shape index (κ1) is 13.8. The van der Waals surface area contributed by atoms with Crippen LogP contribution in [0.4, 0.5) is 0 Å². The molecule has 1 aliphatic rings. The van der Waals surface area contributed by atoms with Crippen LogP contribution in [0.25, 0.3) is 5.69 Å². The van der Waals surface area contributed by atoms with Gasteiger partial charge in [0, 0.05) is 30.7 Å². The Kier molecular flexibility index (Phi) is 3.75. The first-order chi connectivity index (χ1) is 10.1. The highest BCUT2D eigenvalue weighted by Gasteiger charge is 2.35. The molecule has 1 fully saturated rings. The van der Waals surface area contributed by atoms with E-state index in [1.54, 1.807) is 12.5 Å². The summed E-state index contributed by atoms with van der Waals surface area (Å²) in [5.74, 6) is -0.921. The third kappa shape index (κ3) is 2.83. The van der Waals surface area contributed by atoms with Gasteiger partial charge in [0.25, 0.3) is 0 Å². The number of aromatic nitrogens is 2. The Balaban J connectivity index is 1.67. The number of benzene rings is 1. The zero-order valence-electron chi connectivity index (χ0n) is 12.0. The average Bonchev–Trinajstić information content (AvgIpc) is 3.11. The molecule has 2 unspecified atom stereocenters. The van der Waals surface area contributed by atoms with Gasteiger partial charge < -0.3 is 9.67 Å². The maximum absolute atomic E-state index is 11.2. The molecule has 0 amide bonds. The van der Waals surface area contributed by atoms with Crippen molar-refractivity contribution in [2.75, 3.05) is 6.54 Å². The summed E-state index contributed by atoms with van der Waals surface area (Å²) in [5.41, 5.74) is 2.28. The van der Waals surface area contributed by atoms with Crippen molar-refractivity contribution in [1.29, 1.82) is 0 Å². The number of nitrogens with zero attached hydrogens (tertiary/aromatic N) is 3. The minimum atomic E-state index is -0.680. The summed E-state index contributed by atoms with van der Waals surface area (Å²) in [4.78, 5) is 17.4. The van der Waals surface area contributed by atoms with Crippen LogP contribution in [0.2, 0.25) is 0 Å². The molecular weight excluding hydrogens is 266 g/mol. The van der Waals surface area contributed by atoms with Crippen LogP contribution in [0.1, 0.15) is 18.9 Å². The fourth-order valence-corrected chi connectivity index (χ4v) is 2.98. The lowest BCUT2D eigenvalue weighted by Crippen LogP contribution is -2.32. The molecule has 0 aliphatic carbocycles. The predicted molar refractivity (Wildman–Crippen MR) is 79.2 cm³/mol. The smallest absolute Gasteiger partial charge is 0.308 e. The van der Waals surface area contributed by atoms with Gasteiger partial charge in [-0.15, -0.1) is 0 Å². The molecule has 0 bridgehead atoms. The Hall–Kier alpha value is -2.14. The van der Waals surface area contributed by atoms with E-state index in [1.807, 2.05) is 17.7 Å². The van der Waals surface area contributed by atoms with Crippen molar-refractivity contribution in [2.45, 2.75) is 25.9 Å². The Morgan fingerprint density at radius 2 is 2.14 bits per heavy atom. The van der Waals surface area contributed by atoms with E-state index in [1.165, 1.54) is 5.56 Å². The molecule has 1 saturated heterocycles. The number of carboxylic acids is 1. The Morgan fingerprint density at radius 3 is 2.71 bits per heavy atom. The number of aliphatic carboxylic acids is 1. The largest absolute Gasteiger partial charge is 0.481 e. The number of rotatable bonds is 4. The molecule has 2 heterocycles. The van der Waals surface area contributed by atoms with Crippen molar-refractivity contribution in [2.24, 2.45) is 5.92 Å². The van der Waals surface area contributed by atoms with Crippen LogP contribution in [-0.2, 0) is 11.3 Å². The van der Waals surface area contributed by atoms with E-state index in [0.29, 0.717) is 0 Å². The highest BCUT2D eigenvalue weighted by molar-refractivity contribution is 5.71. The molecule has 1 aromatic carbocycles. The second-order valence-corrected chi connectivity index (χ2v) is 5.58. The molecule has 0 saturated carbocycles. The minimum absolute atomic E-state index is 0.0934. The zero-order valence-corrected chi connectivity index (χ0v) is 12.0. The summed E-state index contributed by atoms with van der Waals surface area (Å²) < 4.78 is 1.96. The van der Waals surface area contributed by atoms with E-state index in [-0.39, 0.29) is 12.0 Å². The fraction of sp³-hybridized carbons (Fsp3) is 0.375. The van der Waals surface area contributed by atoms with E-state index in [9.17, 15) is 9.90 Å². The van der Waals surface area contributed by atoms with Crippen molar-refractivity contribution >= 4 is 5.97 Å². The van der Waals surface area contributed by atoms with Gasteiger partial charge >= 0.3 is 5.97 Å². The van der Waals surface area contributed by atoms with Crippen molar-refractivity contribution < 1.29 is 9.90 Å². The summed E-state index contributed by atoms with van der Waals surface area (Å²) in [7, 11) is 0. The van der Waals surface area contributed by atoms with Crippen LogP contribution in [-0.4, -0.2) is 38.1 Å². The highest BCUT2D eigenvalue weighted by atomic mass is 16.4. The second kappa shape index (κ2) is 5.69. The van der Waals surface area contributed by atoms with Gasteiger partial charge in [0.1, 0.15) is 0 Å². The van der Waals surface area contributed by atoms with E-state index in [2.05, 4.69) is 34.1 Å². The van der Waals surface area contributed by atoms with Gasteiger partial charge in [0.2, 0.25) is 0 Å². The zero-order chi connectivity index (χ0) is 14.8. The molecular formula is C16H19N3O2. The van der Waals surface area contributed by atoms with Crippen LogP contribution in [0.15, 0.2) is 43.0 Å². The number of hydrogen-bond acceptors (Lipinski definition) is 3. The van der Waals surface area contributed by atoms with Gasteiger partial charge in [0.05, 0.1) is 12.2 Å².